The molecule has 0 radical (unpaired) electrons. The molecule has 1 N–H and O–H groups in total. The number of piperidine rings is 1. The van der Waals surface area contributed by atoms with Crippen molar-refractivity contribution in [3.63, 3.8) is 0 Å². The fraction of sp³-hybridized carbons (Fsp3) is 0.400. The van der Waals surface area contributed by atoms with E-state index in [0.717, 1.165) is 15.7 Å². The predicted octanol–water partition coefficient (Wildman–Crippen LogP) is 3.50. The summed E-state index contributed by atoms with van der Waals surface area (Å²) in [4.78, 5) is 6.93. The zero-order valence-corrected chi connectivity index (χ0v) is 12.7. The molecule has 19 heavy (non-hydrogen) atoms. The molecule has 1 aliphatic rings. The summed E-state index contributed by atoms with van der Waals surface area (Å²) in [5.74, 6) is 0. The molecule has 1 aliphatic heterocycles. The maximum absolute atomic E-state index is 4.54. The molecule has 0 saturated carbocycles. The van der Waals surface area contributed by atoms with Crippen LogP contribution in [-0.2, 0) is 0 Å². The van der Waals surface area contributed by atoms with Crippen molar-refractivity contribution in [1.82, 2.24) is 9.88 Å². The van der Waals surface area contributed by atoms with Gasteiger partial charge in [-0.1, -0.05) is 12.1 Å². The SMILES string of the molecule is CN1CCC(Nc2cccc3cc(Br)cnc23)CC1. The molecule has 100 valence electrons. The van der Waals surface area contributed by atoms with Crippen LogP contribution in [0.15, 0.2) is 34.9 Å². The van der Waals surface area contributed by atoms with Crippen LogP contribution in [-0.4, -0.2) is 36.1 Å². The van der Waals surface area contributed by atoms with Crippen molar-refractivity contribution < 1.29 is 0 Å². The first kappa shape index (κ1) is 12.9. The maximum atomic E-state index is 4.54. The predicted molar refractivity (Wildman–Crippen MR) is 83.6 cm³/mol. The van der Waals surface area contributed by atoms with Crippen molar-refractivity contribution in [3.05, 3.63) is 34.9 Å². The molecule has 1 aromatic carbocycles. The molecule has 3 nitrogen and oxygen atoms in total. The number of pyridine rings is 1. The van der Waals surface area contributed by atoms with E-state index in [9.17, 15) is 0 Å². The van der Waals surface area contributed by atoms with Gasteiger partial charge in [0.25, 0.3) is 0 Å². The number of hydrogen-bond donors (Lipinski definition) is 1. The highest BCUT2D eigenvalue weighted by Crippen LogP contribution is 2.25. The largest absolute Gasteiger partial charge is 0.380 e. The van der Waals surface area contributed by atoms with Gasteiger partial charge in [-0.3, -0.25) is 4.98 Å². The molecule has 4 heteroatoms. The van der Waals surface area contributed by atoms with Crippen LogP contribution in [0.3, 0.4) is 0 Å². The molecule has 1 aromatic heterocycles. The van der Waals surface area contributed by atoms with Crippen LogP contribution >= 0.6 is 15.9 Å². The molecule has 0 atom stereocenters. The van der Waals surface area contributed by atoms with E-state index in [4.69, 9.17) is 0 Å². The number of aromatic nitrogens is 1. The van der Waals surface area contributed by atoms with Crippen molar-refractivity contribution in [2.75, 3.05) is 25.5 Å². The normalized spacial score (nSPS) is 17.8. The fourth-order valence-corrected chi connectivity index (χ4v) is 2.97. The summed E-state index contributed by atoms with van der Waals surface area (Å²) in [7, 11) is 2.19. The van der Waals surface area contributed by atoms with Gasteiger partial charge in [0, 0.05) is 22.1 Å². The van der Waals surface area contributed by atoms with Crippen molar-refractivity contribution in [2.45, 2.75) is 18.9 Å². The monoisotopic (exact) mass is 319 g/mol. The summed E-state index contributed by atoms with van der Waals surface area (Å²) in [6.45, 7) is 2.34. The highest BCUT2D eigenvalue weighted by Gasteiger charge is 2.17. The minimum absolute atomic E-state index is 0.562. The summed E-state index contributed by atoms with van der Waals surface area (Å²) in [5.41, 5.74) is 2.21. The third-order valence-corrected chi connectivity index (χ3v) is 4.19. The van der Waals surface area contributed by atoms with Crippen LogP contribution in [0.5, 0.6) is 0 Å². The number of nitrogens with one attached hydrogen (secondary N) is 1. The number of anilines is 1. The van der Waals surface area contributed by atoms with Gasteiger partial charge in [-0.2, -0.15) is 0 Å². The molecule has 2 heterocycles. The number of fused-ring (bicyclic) bond motifs is 1. The molecule has 2 aromatic rings. The Labute approximate surface area is 122 Å². The molecule has 0 unspecified atom stereocenters. The lowest BCUT2D eigenvalue weighted by atomic mass is 10.0. The lowest BCUT2D eigenvalue weighted by Crippen LogP contribution is -2.36. The van der Waals surface area contributed by atoms with Crippen molar-refractivity contribution in [3.8, 4) is 0 Å². The van der Waals surface area contributed by atoms with Crippen molar-refractivity contribution in [2.24, 2.45) is 0 Å². The number of para-hydroxylation sites is 1. The van der Waals surface area contributed by atoms with E-state index in [1.165, 1.54) is 31.3 Å². The van der Waals surface area contributed by atoms with Gasteiger partial charge in [0.15, 0.2) is 0 Å². The molecule has 1 fully saturated rings. The minimum atomic E-state index is 0.562. The highest BCUT2D eigenvalue weighted by molar-refractivity contribution is 9.10. The number of rotatable bonds is 2. The molecule has 1 saturated heterocycles. The van der Waals surface area contributed by atoms with E-state index >= 15 is 0 Å². The van der Waals surface area contributed by atoms with E-state index in [1.807, 2.05) is 6.20 Å². The summed E-state index contributed by atoms with van der Waals surface area (Å²) >= 11 is 3.47. The van der Waals surface area contributed by atoms with Gasteiger partial charge >= 0.3 is 0 Å². The van der Waals surface area contributed by atoms with Gasteiger partial charge < -0.3 is 10.2 Å². The van der Waals surface area contributed by atoms with Gasteiger partial charge in [-0.25, -0.2) is 0 Å². The second-order valence-corrected chi connectivity index (χ2v) is 6.17. The van der Waals surface area contributed by atoms with E-state index in [2.05, 4.69) is 62.4 Å². The maximum Gasteiger partial charge on any atom is 0.0934 e. The third kappa shape index (κ3) is 2.90. The number of nitrogens with zero attached hydrogens (tertiary/aromatic N) is 2. The zero-order valence-electron chi connectivity index (χ0n) is 11.1. The second-order valence-electron chi connectivity index (χ2n) is 5.25. The number of likely N-dealkylation sites (tertiary alicyclic amines) is 1. The van der Waals surface area contributed by atoms with Crippen LogP contribution in [0.1, 0.15) is 12.8 Å². The second kappa shape index (κ2) is 5.47. The van der Waals surface area contributed by atoms with E-state index in [1.54, 1.807) is 0 Å². The Bertz CT molecular complexity index is 577. The third-order valence-electron chi connectivity index (χ3n) is 3.76. The van der Waals surface area contributed by atoms with Crippen LogP contribution in [0.2, 0.25) is 0 Å². The number of hydrogen-bond acceptors (Lipinski definition) is 3. The summed E-state index contributed by atoms with van der Waals surface area (Å²) in [6.07, 6.45) is 4.26. The van der Waals surface area contributed by atoms with Gasteiger partial charge in [-0.05, 0) is 61.0 Å². The Morgan fingerprint density at radius 3 is 2.89 bits per heavy atom. The quantitative estimate of drug-likeness (QED) is 0.918. The molecule has 3 rings (SSSR count). The number of halogens is 1. The van der Waals surface area contributed by atoms with E-state index in [0.29, 0.717) is 6.04 Å². The van der Waals surface area contributed by atoms with Crippen LogP contribution < -0.4 is 5.32 Å². The van der Waals surface area contributed by atoms with E-state index < -0.39 is 0 Å². The average Bonchev–Trinajstić information content (AvgIpc) is 2.41. The molecule has 0 spiro atoms. The topological polar surface area (TPSA) is 28.2 Å². The first-order chi connectivity index (χ1) is 9.22. The summed E-state index contributed by atoms with van der Waals surface area (Å²) in [6, 6.07) is 9.00. The van der Waals surface area contributed by atoms with Crippen LogP contribution in [0.4, 0.5) is 5.69 Å². The van der Waals surface area contributed by atoms with Crippen LogP contribution in [0.25, 0.3) is 10.9 Å². The standard InChI is InChI=1S/C15H18BrN3/c1-19-7-5-13(6-8-19)18-14-4-2-3-11-9-12(16)10-17-15(11)14/h2-4,9-10,13,18H,5-8H2,1H3. The Morgan fingerprint density at radius 1 is 1.32 bits per heavy atom. The van der Waals surface area contributed by atoms with Gasteiger partial charge in [0.1, 0.15) is 0 Å². The fourth-order valence-electron chi connectivity index (χ4n) is 2.62. The Hall–Kier alpha value is -1.13. The average molecular weight is 320 g/mol. The van der Waals surface area contributed by atoms with Gasteiger partial charge in [-0.15, -0.1) is 0 Å². The Morgan fingerprint density at radius 2 is 2.11 bits per heavy atom. The lowest BCUT2D eigenvalue weighted by Gasteiger charge is -2.30. The molecular formula is C15H18BrN3. The Balaban J connectivity index is 1.84. The Kier molecular flexibility index (Phi) is 3.71. The smallest absolute Gasteiger partial charge is 0.0934 e. The van der Waals surface area contributed by atoms with Gasteiger partial charge in [0.05, 0.1) is 11.2 Å². The molecule has 0 amide bonds. The van der Waals surface area contributed by atoms with Gasteiger partial charge in [0.2, 0.25) is 0 Å². The molecular weight excluding hydrogens is 302 g/mol. The molecule has 0 aliphatic carbocycles. The first-order valence-corrected chi connectivity index (χ1v) is 7.51. The van der Waals surface area contributed by atoms with Crippen molar-refractivity contribution in [1.29, 1.82) is 0 Å². The minimum Gasteiger partial charge on any atom is -0.380 e. The molecule has 0 bridgehead atoms. The van der Waals surface area contributed by atoms with Crippen molar-refractivity contribution >= 4 is 32.5 Å². The summed E-state index contributed by atoms with van der Waals surface area (Å²) < 4.78 is 1.02. The highest BCUT2D eigenvalue weighted by atomic mass is 79.9. The van der Waals surface area contributed by atoms with E-state index in [-0.39, 0.29) is 0 Å². The lowest BCUT2D eigenvalue weighted by molar-refractivity contribution is 0.264. The summed E-state index contributed by atoms with van der Waals surface area (Å²) in [5, 5.41) is 4.83. The zero-order chi connectivity index (χ0) is 13.2. The number of benzene rings is 1. The van der Waals surface area contributed by atoms with Crippen LogP contribution in [0, 0.1) is 0 Å². The first-order valence-electron chi connectivity index (χ1n) is 6.72.